The topological polar surface area (TPSA) is 58.0 Å². The van der Waals surface area contributed by atoms with E-state index in [9.17, 15) is 0 Å². The van der Waals surface area contributed by atoms with Crippen molar-refractivity contribution in [3.8, 4) is 0 Å². The van der Waals surface area contributed by atoms with E-state index < -0.39 is 0 Å². The van der Waals surface area contributed by atoms with Crippen LogP contribution in [0.5, 0.6) is 0 Å². The fraction of sp³-hybridized carbons (Fsp3) is 0.429. The summed E-state index contributed by atoms with van der Waals surface area (Å²) in [5.41, 5.74) is 0. The number of nitrogens with zero attached hydrogens (tertiary/aromatic N) is 6. The van der Waals surface area contributed by atoms with Crippen molar-refractivity contribution in [2.45, 2.75) is 18.9 Å². The number of piperidine rings is 1. The van der Waals surface area contributed by atoms with Gasteiger partial charge in [-0.15, -0.1) is 5.10 Å². The Labute approximate surface area is 128 Å². The molecule has 0 bridgehead atoms. The highest BCUT2D eigenvalue weighted by Gasteiger charge is 2.25. The molecule has 0 amide bonds. The number of halogens is 1. The molecule has 110 valence electrons. The van der Waals surface area contributed by atoms with Crippen LogP contribution in [0.2, 0.25) is 5.15 Å². The molecular formula is C14H17ClN6. The summed E-state index contributed by atoms with van der Waals surface area (Å²) in [6.45, 7) is 1.90. The number of anilines is 2. The predicted octanol–water partition coefficient (Wildman–Crippen LogP) is 2.03. The van der Waals surface area contributed by atoms with E-state index in [2.05, 4.69) is 30.0 Å². The second kappa shape index (κ2) is 6.22. The van der Waals surface area contributed by atoms with Gasteiger partial charge in [0.15, 0.2) is 5.82 Å². The number of likely N-dealkylation sites (N-methyl/N-ethyl adjacent to an activating group) is 1. The van der Waals surface area contributed by atoms with Crippen molar-refractivity contribution >= 4 is 23.2 Å². The van der Waals surface area contributed by atoms with E-state index in [-0.39, 0.29) is 0 Å². The van der Waals surface area contributed by atoms with Gasteiger partial charge in [0.25, 0.3) is 0 Å². The van der Waals surface area contributed by atoms with Crippen LogP contribution in [0.1, 0.15) is 12.8 Å². The Balaban J connectivity index is 1.74. The molecule has 0 saturated carbocycles. The van der Waals surface area contributed by atoms with E-state index in [1.165, 1.54) is 0 Å². The Hall–Kier alpha value is -1.95. The first kappa shape index (κ1) is 14.0. The molecule has 1 aliphatic heterocycles. The highest BCUT2D eigenvalue weighted by Crippen LogP contribution is 2.23. The van der Waals surface area contributed by atoms with Gasteiger partial charge in [-0.1, -0.05) is 11.6 Å². The minimum atomic E-state index is 0.355. The summed E-state index contributed by atoms with van der Waals surface area (Å²) in [4.78, 5) is 12.8. The van der Waals surface area contributed by atoms with Gasteiger partial charge in [-0.25, -0.2) is 4.98 Å². The number of rotatable bonds is 3. The molecule has 1 aliphatic rings. The second-order valence-corrected chi connectivity index (χ2v) is 5.52. The van der Waals surface area contributed by atoms with E-state index in [4.69, 9.17) is 11.6 Å². The molecule has 7 heteroatoms. The molecular weight excluding hydrogens is 288 g/mol. The van der Waals surface area contributed by atoms with Crippen LogP contribution >= 0.6 is 11.6 Å². The maximum Gasteiger partial charge on any atom is 0.151 e. The van der Waals surface area contributed by atoms with E-state index >= 15 is 0 Å². The van der Waals surface area contributed by atoms with Crippen molar-refractivity contribution in [1.29, 1.82) is 0 Å². The van der Waals surface area contributed by atoms with Gasteiger partial charge in [-0.2, -0.15) is 5.10 Å². The first-order valence-electron chi connectivity index (χ1n) is 6.97. The molecule has 3 heterocycles. The van der Waals surface area contributed by atoms with E-state index in [1.807, 2.05) is 19.2 Å². The van der Waals surface area contributed by atoms with Gasteiger partial charge in [0.2, 0.25) is 0 Å². The quantitative estimate of drug-likeness (QED) is 0.865. The van der Waals surface area contributed by atoms with Gasteiger partial charge in [0.1, 0.15) is 11.0 Å². The maximum atomic E-state index is 5.92. The van der Waals surface area contributed by atoms with Crippen LogP contribution < -0.4 is 9.80 Å². The largest absolute Gasteiger partial charge is 0.354 e. The van der Waals surface area contributed by atoms with Crippen molar-refractivity contribution in [2.75, 3.05) is 29.9 Å². The monoisotopic (exact) mass is 304 g/mol. The zero-order chi connectivity index (χ0) is 14.7. The van der Waals surface area contributed by atoms with E-state index in [0.717, 1.165) is 37.6 Å². The highest BCUT2D eigenvalue weighted by molar-refractivity contribution is 6.29. The summed E-state index contributed by atoms with van der Waals surface area (Å²) in [5, 5.41) is 8.56. The third-order valence-corrected chi connectivity index (χ3v) is 3.96. The van der Waals surface area contributed by atoms with Crippen molar-refractivity contribution < 1.29 is 0 Å². The van der Waals surface area contributed by atoms with Crippen LogP contribution in [0.4, 0.5) is 11.6 Å². The number of hydrogen-bond donors (Lipinski definition) is 0. The van der Waals surface area contributed by atoms with Crippen molar-refractivity contribution in [3.63, 3.8) is 0 Å². The van der Waals surface area contributed by atoms with E-state index in [1.54, 1.807) is 18.6 Å². The van der Waals surface area contributed by atoms with Crippen molar-refractivity contribution in [1.82, 2.24) is 20.2 Å². The minimum absolute atomic E-state index is 0.355. The molecule has 0 aliphatic carbocycles. The van der Waals surface area contributed by atoms with Crippen molar-refractivity contribution in [3.05, 3.63) is 35.9 Å². The Kier molecular flexibility index (Phi) is 4.15. The Morgan fingerprint density at radius 3 is 3.05 bits per heavy atom. The van der Waals surface area contributed by atoms with Gasteiger partial charge in [-0.3, -0.25) is 4.98 Å². The van der Waals surface area contributed by atoms with Crippen LogP contribution in [0, 0.1) is 0 Å². The Morgan fingerprint density at radius 1 is 1.38 bits per heavy atom. The Morgan fingerprint density at radius 2 is 2.29 bits per heavy atom. The molecule has 1 saturated heterocycles. The molecule has 0 aromatic carbocycles. The zero-order valence-corrected chi connectivity index (χ0v) is 12.6. The fourth-order valence-corrected chi connectivity index (χ4v) is 2.77. The molecule has 3 rings (SSSR count). The SMILES string of the molecule is CN(c1cncc(Cl)n1)C1CCCN(c2cccnn2)C1. The first-order chi connectivity index (χ1) is 10.2. The van der Waals surface area contributed by atoms with Gasteiger partial charge in [0, 0.05) is 32.4 Å². The summed E-state index contributed by atoms with van der Waals surface area (Å²) in [5.74, 6) is 1.72. The lowest BCUT2D eigenvalue weighted by Crippen LogP contribution is -2.47. The third-order valence-electron chi connectivity index (χ3n) is 3.78. The third kappa shape index (κ3) is 3.21. The Bertz CT molecular complexity index is 593. The standard InChI is InChI=1S/C14H17ClN6/c1-20(14-9-16-8-12(15)18-14)11-4-3-7-21(10-11)13-5-2-6-17-19-13/h2,5-6,8-9,11H,3-4,7,10H2,1H3. The minimum Gasteiger partial charge on any atom is -0.354 e. The molecule has 0 radical (unpaired) electrons. The summed E-state index contributed by atoms with van der Waals surface area (Å²) < 4.78 is 0. The average Bonchev–Trinajstić information content (AvgIpc) is 2.55. The van der Waals surface area contributed by atoms with Gasteiger partial charge < -0.3 is 9.80 Å². The summed E-state index contributed by atoms with van der Waals surface area (Å²) in [6.07, 6.45) is 7.21. The molecule has 0 N–H and O–H groups in total. The lowest BCUT2D eigenvalue weighted by atomic mass is 10.0. The van der Waals surface area contributed by atoms with Crippen LogP contribution in [0.15, 0.2) is 30.7 Å². The lowest BCUT2D eigenvalue weighted by Gasteiger charge is -2.38. The average molecular weight is 305 g/mol. The van der Waals surface area contributed by atoms with Gasteiger partial charge in [-0.05, 0) is 25.0 Å². The molecule has 0 spiro atoms. The summed E-state index contributed by atoms with van der Waals surface area (Å²) in [6, 6.07) is 4.26. The smallest absolute Gasteiger partial charge is 0.151 e. The molecule has 6 nitrogen and oxygen atoms in total. The van der Waals surface area contributed by atoms with Crippen molar-refractivity contribution in [2.24, 2.45) is 0 Å². The maximum absolute atomic E-state index is 5.92. The zero-order valence-electron chi connectivity index (χ0n) is 11.9. The van der Waals surface area contributed by atoms with Crippen LogP contribution in [-0.4, -0.2) is 46.3 Å². The first-order valence-corrected chi connectivity index (χ1v) is 7.35. The predicted molar refractivity (Wildman–Crippen MR) is 82.7 cm³/mol. The highest BCUT2D eigenvalue weighted by atomic mass is 35.5. The fourth-order valence-electron chi connectivity index (χ4n) is 2.63. The second-order valence-electron chi connectivity index (χ2n) is 5.13. The van der Waals surface area contributed by atoms with E-state index in [0.29, 0.717) is 11.2 Å². The molecule has 21 heavy (non-hydrogen) atoms. The van der Waals surface area contributed by atoms with Crippen LogP contribution in [0.3, 0.4) is 0 Å². The number of hydrogen-bond acceptors (Lipinski definition) is 6. The lowest BCUT2D eigenvalue weighted by molar-refractivity contribution is 0.482. The summed E-state index contributed by atoms with van der Waals surface area (Å²) in [7, 11) is 2.03. The molecule has 2 aromatic heterocycles. The molecule has 2 aromatic rings. The molecule has 1 atom stereocenters. The summed E-state index contributed by atoms with van der Waals surface area (Å²) >= 11 is 5.92. The molecule has 1 fully saturated rings. The van der Waals surface area contributed by atoms with Crippen LogP contribution in [0.25, 0.3) is 0 Å². The van der Waals surface area contributed by atoms with Gasteiger partial charge in [0.05, 0.1) is 12.4 Å². The normalized spacial score (nSPS) is 18.6. The van der Waals surface area contributed by atoms with Gasteiger partial charge >= 0.3 is 0 Å². The van der Waals surface area contributed by atoms with Crippen LogP contribution in [-0.2, 0) is 0 Å². The molecule has 1 unspecified atom stereocenters. The number of aromatic nitrogens is 4.